The van der Waals surface area contributed by atoms with Crippen LogP contribution < -0.4 is 0 Å². The molecule has 274 valence electrons. The summed E-state index contributed by atoms with van der Waals surface area (Å²) >= 11 is 0. The Hall–Kier alpha value is -7.16. The smallest absolute Gasteiger partial charge is 0.160 e. The highest BCUT2D eigenvalue weighted by Crippen LogP contribution is 2.62. The molecule has 0 saturated heterocycles. The lowest BCUT2D eigenvalue weighted by Gasteiger charge is -2.46. The van der Waals surface area contributed by atoms with E-state index in [-0.39, 0.29) is 5.41 Å². The quantitative estimate of drug-likeness (QED) is 0.176. The van der Waals surface area contributed by atoms with Gasteiger partial charge in [0.2, 0.25) is 0 Å². The number of fused-ring (bicyclic) bond motifs is 9. The van der Waals surface area contributed by atoms with Crippen LogP contribution in [0, 0.1) is 0 Å². The van der Waals surface area contributed by atoms with E-state index in [4.69, 9.17) is 9.97 Å². The van der Waals surface area contributed by atoms with Crippen LogP contribution in [0.4, 0.5) is 0 Å². The molecule has 9 aromatic rings. The van der Waals surface area contributed by atoms with Crippen molar-refractivity contribution in [3.05, 3.63) is 240 Å². The molecule has 2 nitrogen and oxygen atoms in total. The maximum atomic E-state index is 5.12. The first-order valence-electron chi connectivity index (χ1n) is 20.2. The van der Waals surface area contributed by atoms with Gasteiger partial charge in [0.05, 0.1) is 16.8 Å². The average Bonchev–Trinajstić information content (AvgIpc) is 3.59. The van der Waals surface area contributed by atoms with Gasteiger partial charge in [0.15, 0.2) is 5.82 Å². The highest BCUT2D eigenvalue weighted by molar-refractivity contribution is 5.90. The van der Waals surface area contributed by atoms with Crippen LogP contribution in [0.1, 0.15) is 47.2 Å². The van der Waals surface area contributed by atoms with Crippen LogP contribution in [-0.2, 0) is 10.8 Å². The van der Waals surface area contributed by atoms with Crippen molar-refractivity contribution in [2.24, 2.45) is 0 Å². The van der Waals surface area contributed by atoms with Gasteiger partial charge in [-0.2, -0.15) is 0 Å². The standard InChI is InChI=1S/C56H40N2/c1-55(2)47-27-11-13-29-49(47)56(50-30-14-12-28-48(50)55)46-26-10-9-25-44(46)45-32-31-42(35-51(45)56)40-22-15-21-39(33-40)41-23-16-24-43(34-41)54-57-52(37-17-5-3-6-18-37)36-53(58-54)38-19-7-4-8-20-38/h3-36H,1-2H3. The first-order chi connectivity index (χ1) is 28.5. The second-order valence-corrected chi connectivity index (χ2v) is 16.1. The zero-order valence-electron chi connectivity index (χ0n) is 32.5. The second-order valence-electron chi connectivity index (χ2n) is 16.1. The van der Waals surface area contributed by atoms with Crippen molar-refractivity contribution in [1.29, 1.82) is 0 Å². The maximum Gasteiger partial charge on any atom is 0.160 e. The molecule has 0 fully saturated rings. The molecule has 0 bridgehead atoms. The topological polar surface area (TPSA) is 25.8 Å². The second kappa shape index (κ2) is 13.2. The van der Waals surface area contributed by atoms with E-state index >= 15 is 0 Å². The molecule has 11 rings (SSSR count). The molecule has 0 radical (unpaired) electrons. The van der Waals surface area contributed by atoms with Crippen LogP contribution >= 0.6 is 0 Å². The van der Waals surface area contributed by atoms with E-state index in [1.807, 2.05) is 12.1 Å². The molecule has 2 heteroatoms. The van der Waals surface area contributed by atoms with Crippen molar-refractivity contribution in [1.82, 2.24) is 9.97 Å². The minimum Gasteiger partial charge on any atom is -0.228 e. The van der Waals surface area contributed by atoms with E-state index in [1.54, 1.807) is 0 Å². The first-order valence-corrected chi connectivity index (χ1v) is 20.2. The summed E-state index contributed by atoms with van der Waals surface area (Å²) in [5, 5.41) is 0. The summed E-state index contributed by atoms with van der Waals surface area (Å²) in [5.41, 5.74) is 19.9. The van der Waals surface area contributed by atoms with E-state index in [2.05, 4.69) is 208 Å². The van der Waals surface area contributed by atoms with Crippen LogP contribution in [-0.4, -0.2) is 9.97 Å². The largest absolute Gasteiger partial charge is 0.228 e. The summed E-state index contributed by atoms with van der Waals surface area (Å²) in [6.45, 7) is 4.76. The third-order valence-corrected chi connectivity index (χ3v) is 12.6. The number of aromatic nitrogens is 2. The van der Waals surface area contributed by atoms with Gasteiger partial charge < -0.3 is 0 Å². The monoisotopic (exact) mass is 740 g/mol. The molecule has 0 aliphatic heterocycles. The Bertz CT molecular complexity index is 2920. The van der Waals surface area contributed by atoms with Gasteiger partial charge in [0.25, 0.3) is 0 Å². The van der Waals surface area contributed by atoms with Crippen molar-refractivity contribution in [2.75, 3.05) is 0 Å². The predicted molar refractivity (Wildman–Crippen MR) is 239 cm³/mol. The fourth-order valence-electron chi connectivity index (χ4n) is 9.85. The van der Waals surface area contributed by atoms with Crippen molar-refractivity contribution in [2.45, 2.75) is 24.7 Å². The number of hydrogen-bond donors (Lipinski definition) is 0. The summed E-state index contributed by atoms with van der Waals surface area (Å²) in [6, 6.07) is 74.9. The van der Waals surface area contributed by atoms with Gasteiger partial charge in [-0.15, -0.1) is 0 Å². The normalized spacial score (nSPS) is 14.0. The summed E-state index contributed by atoms with van der Waals surface area (Å²) in [7, 11) is 0. The SMILES string of the molecule is CC1(C)c2ccccc2C2(c3ccccc3-c3ccc(-c4cccc(-c5cccc(-c6nc(-c7ccccc7)cc(-c7ccccc7)n6)c5)c4)cc32)c2ccccc21. The third kappa shape index (κ3) is 5.18. The van der Waals surface area contributed by atoms with Gasteiger partial charge in [-0.3, -0.25) is 0 Å². The number of hydrogen-bond acceptors (Lipinski definition) is 2. The molecular formula is C56H40N2. The molecule has 8 aromatic carbocycles. The van der Waals surface area contributed by atoms with E-state index in [9.17, 15) is 0 Å². The van der Waals surface area contributed by atoms with Crippen LogP contribution in [0.3, 0.4) is 0 Å². The van der Waals surface area contributed by atoms with E-state index < -0.39 is 5.41 Å². The lowest BCUT2D eigenvalue weighted by Crippen LogP contribution is -2.40. The van der Waals surface area contributed by atoms with Crippen LogP contribution in [0.5, 0.6) is 0 Å². The minimum absolute atomic E-state index is 0.131. The molecule has 0 amide bonds. The molecule has 58 heavy (non-hydrogen) atoms. The fraction of sp³-hybridized carbons (Fsp3) is 0.0714. The summed E-state index contributed by atoms with van der Waals surface area (Å²) < 4.78 is 0. The zero-order chi connectivity index (χ0) is 38.8. The number of rotatable bonds is 5. The molecule has 1 heterocycles. The van der Waals surface area contributed by atoms with Crippen LogP contribution in [0.2, 0.25) is 0 Å². The van der Waals surface area contributed by atoms with Crippen molar-refractivity contribution < 1.29 is 0 Å². The Morgan fingerprint density at radius 1 is 0.293 bits per heavy atom. The highest BCUT2D eigenvalue weighted by Gasteiger charge is 2.53. The Morgan fingerprint density at radius 2 is 0.707 bits per heavy atom. The summed E-state index contributed by atoms with van der Waals surface area (Å²) in [4.78, 5) is 10.2. The minimum atomic E-state index is -0.427. The van der Waals surface area contributed by atoms with Gasteiger partial charge in [0.1, 0.15) is 0 Å². The lowest BCUT2D eigenvalue weighted by molar-refractivity contribution is 0.563. The average molecular weight is 741 g/mol. The number of nitrogens with zero attached hydrogens (tertiary/aromatic N) is 2. The number of benzene rings is 8. The Balaban J connectivity index is 1.04. The molecule has 1 spiro atoms. The van der Waals surface area contributed by atoms with E-state index in [0.29, 0.717) is 5.82 Å². The lowest BCUT2D eigenvalue weighted by atomic mass is 9.55. The van der Waals surface area contributed by atoms with Gasteiger partial charge in [-0.1, -0.05) is 196 Å². The van der Waals surface area contributed by atoms with Crippen LogP contribution in [0.25, 0.3) is 67.3 Å². The first kappa shape index (κ1) is 34.1. The highest BCUT2D eigenvalue weighted by atomic mass is 14.9. The molecular weight excluding hydrogens is 701 g/mol. The van der Waals surface area contributed by atoms with Gasteiger partial charge in [-0.25, -0.2) is 9.97 Å². The summed E-state index contributed by atoms with van der Waals surface area (Å²) in [6.07, 6.45) is 0. The molecule has 0 saturated carbocycles. The molecule has 2 aliphatic rings. The van der Waals surface area contributed by atoms with Crippen molar-refractivity contribution in [3.8, 4) is 67.3 Å². The van der Waals surface area contributed by atoms with E-state index in [0.717, 1.165) is 39.2 Å². The fourth-order valence-corrected chi connectivity index (χ4v) is 9.85. The Morgan fingerprint density at radius 3 is 1.28 bits per heavy atom. The van der Waals surface area contributed by atoms with Gasteiger partial charge >= 0.3 is 0 Å². The zero-order valence-corrected chi connectivity index (χ0v) is 32.5. The summed E-state index contributed by atoms with van der Waals surface area (Å²) in [5.74, 6) is 0.706. The van der Waals surface area contributed by atoms with E-state index in [1.165, 1.54) is 55.6 Å². The molecule has 0 unspecified atom stereocenters. The Kier molecular flexibility index (Phi) is 7.78. The van der Waals surface area contributed by atoms with Crippen molar-refractivity contribution in [3.63, 3.8) is 0 Å². The third-order valence-electron chi connectivity index (χ3n) is 12.6. The molecule has 0 N–H and O–H groups in total. The van der Waals surface area contributed by atoms with Gasteiger partial charge in [0, 0.05) is 22.1 Å². The maximum absolute atomic E-state index is 5.12. The van der Waals surface area contributed by atoms with Gasteiger partial charge in [-0.05, 0) is 91.0 Å². The predicted octanol–water partition coefficient (Wildman–Crippen LogP) is 13.8. The Labute approximate surface area is 340 Å². The van der Waals surface area contributed by atoms with Crippen molar-refractivity contribution >= 4 is 0 Å². The molecule has 2 aliphatic carbocycles. The van der Waals surface area contributed by atoms with Crippen LogP contribution in [0.15, 0.2) is 206 Å². The molecule has 1 aromatic heterocycles. The molecule has 0 atom stereocenters.